The zero-order valence-electron chi connectivity index (χ0n) is 9.49. The Balaban J connectivity index is 2.19. The molecule has 16 heavy (non-hydrogen) atoms. The second kappa shape index (κ2) is 5.17. The van der Waals surface area contributed by atoms with E-state index in [1.165, 1.54) is 5.69 Å². The van der Waals surface area contributed by atoms with Gasteiger partial charge < -0.3 is 14.9 Å². The van der Waals surface area contributed by atoms with Gasteiger partial charge in [-0.25, -0.2) is 0 Å². The number of halogens is 1. The highest BCUT2D eigenvalue weighted by Gasteiger charge is 2.16. The molecule has 1 aliphatic heterocycles. The molecule has 1 aromatic carbocycles. The van der Waals surface area contributed by atoms with E-state index >= 15 is 0 Å². The molecule has 0 unspecified atom stereocenters. The van der Waals surface area contributed by atoms with Gasteiger partial charge in [0.15, 0.2) is 0 Å². The quantitative estimate of drug-likeness (QED) is 0.896. The molecular weight excluding hydrogens is 268 g/mol. The van der Waals surface area contributed by atoms with Crippen LogP contribution in [-0.2, 0) is 6.61 Å². The fourth-order valence-corrected chi connectivity index (χ4v) is 2.45. The van der Waals surface area contributed by atoms with Gasteiger partial charge >= 0.3 is 0 Å². The molecule has 0 saturated carbocycles. The Bertz CT molecular complexity index is 362. The molecule has 0 spiro atoms. The van der Waals surface area contributed by atoms with Crippen LogP contribution in [0.5, 0.6) is 0 Å². The van der Waals surface area contributed by atoms with Gasteiger partial charge in [-0.05, 0) is 25.2 Å². The average Bonchev–Trinajstić information content (AvgIpc) is 2.30. The Labute approximate surface area is 105 Å². The summed E-state index contributed by atoms with van der Waals surface area (Å²) in [6, 6.07) is 6.11. The van der Waals surface area contributed by atoms with Gasteiger partial charge in [-0.1, -0.05) is 15.9 Å². The largest absolute Gasteiger partial charge is 0.392 e. The number of nitrogens with zero attached hydrogens (tertiary/aromatic N) is 2. The van der Waals surface area contributed by atoms with Crippen molar-refractivity contribution in [1.29, 1.82) is 0 Å². The molecular formula is C12H17BrN2O. The molecule has 1 saturated heterocycles. The van der Waals surface area contributed by atoms with Crippen molar-refractivity contribution in [2.24, 2.45) is 0 Å². The van der Waals surface area contributed by atoms with Crippen LogP contribution >= 0.6 is 15.9 Å². The summed E-state index contributed by atoms with van der Waals surface area (Å²) < 4.78 is 1.02. The van der Waals surface area contributed by atoms with Crippen molar-refractivity contribution >= 4 is 21.6 Å². The van der Waals surface area contributed by atoms with E-state index in [0.717, 1.165) is 36.2 Å². The van der Waals surface area contributed by atoms with Crippen molar-refractivity contribution in [2.75, 3.05) is 38.1 Å². The normalized spacial score (nSPS) is 17.8. The highest BCUT2D eigenvalue weighted by atomic mass is 79.9. The second-order valence-corrected chi connectivity index (χ2v) is 5.14. The summed E-state index contributed by atoms with van der Waals surface area (Å²) in [6.45, 7) is 4.33. The number of likely N-dealkylation sites (N-methyl/N-ethyl adjacent to an activating group) is 1. The van der Waals surface area contributed by atoms with Gasteiger partial charge in [0.1, 0.15) is 0 Å². The summed E-state index contributed by atoms with van der Waals surface area (Å²) in [5, 5.41) is 9.37. The number of hydrogen-bond acceptors (Lipinski definition) is 3. The van der Waals surface area contributed by atoms with Crippen molar-refractivity contribution < 1.29 is 5.11 Å². The third-order valence-electron chi connectivity index (χ3n) is 3.06. The van der Waals surface area contributed by atoms with Crippen LogP contribution < -0.4 is 4.90 Å². The fourth-order valence-electron chi connectivity index (χ4n) is 2.04. The van der Waals surface area contributed by atoms with Crippen molar-refractivity contribution in [3.8, 4) is 0 Å². The lowest BCUT2D eigenvalue weighted by Gasteiger charge is -2.35. The Kier molecular flexibility index (Phi) is 3.84. The molecule has 0 atom stereocenters. The Hall–Kier alpha value is -0.580. The van der Waals surface area contributed by atoms with Gasteiger partial charge in [-0.3, -0.25) is 0 Å². The van der Waals surface area contributed by atoms with Gasteiger partial charge in [0.2, 0.25) is 0 Å². The maximum Gasteiger partial charge on any atom is 0.0702 e. The van der Waals surface area contributed by atoms with Crippen molar-refractivity contribution in [1.82, 2.24) is 4.90 Å². The first-order valence-electron chi connectivity index (χ1n) is 5.53. The number of anilines is 1. The molecule has 0 aromatic heterocycles. The van der Waals surface area contributed by atoms with Crippen LogP contribution in [0.4, 0.5) is 5.69 Å². The molecule has 1 aliphatic rings. The molecule has 0 bridgehead atoms. The third kappa shape index (κ3) is 2.56. The lowest BCUT2D eigenvalue weighted by molar-refractivity contribution is 0.280. The van der Waals surface area contributed by atoms with E-state index in [2.05, 4.69) is 38.8 Å². The Morgan fingerprint density at radius 2 is 1.94 bits per heavy atom. The molecule has 2 rings (SSSR count). The van der Waals surface area contributed by atoms with Crippen LogP contribution in [0.25, 0.3) is 0 Å². The van der Waals surface area contributed by atoms with Crippen LogP contribution in [0.2, 0.25) is 0 Å². The molecule has 88 valence electrons. The van der Waals surface area contributed by atoms with E-state index in [1.54, 1.807) is 0 Å². The summed E-state index contributed by atoms with van der Waals surface area (Å²) in [6.07, 6.45) is 0. The average molecular weight is 285 g/mol. The minimum Gasteiger partial charge on any atom is -0.392 e. The van der Waals surface area contributed by atoms with Crippen molar-refractivity contribution in [3.63, 3.8) is 0 Å². The van der Waals surface area contributed by atoms with E-state index in [9.17, 15) is 5.11 Å². The first-order valence-corrected chi connectivity index (χ1v) is 6.33. The van der Waals surface area contributed by atoms with Crippen molar-refractivity contribution in [2.45, 2.75) is 6.61 Å². The van der Waals surface area contributed by atoms with Crippen LogP contribution in [0, 0.1) is 0 Å². The first kappa shape index (κ1) is 11.9. The van der Waals surface area contributed by atoms with Crippen LogP contribution in [0.3, 0.4) is 0 Å². The lowest BCUT2D eigenvalue weighted by Crippen LogP contribution is -2.44. The molecule has 1 fully saturated rings. The molecule has 1 N–H and O–H groups in total. The second-order valence-electron chi connectivity index (χ2n) is 4.22. The summed E-state index contributed by atoms with van der Waals surface area (Å²) in [5.41, 5.74) is 2.16. The summed E-state index contributed by atoms with van der Waals surface area (Å²) >= 11 is 3.43. The summed E-state index contributed by atoms with van der Waals surface area (Å²) in [4.78, 5) is 4.67. The molecule has 0 amide bonds. The first-order chi connectivity index (χ1) is 7.70. The summed E-state index contributed by atoms with van der Waals surface area (Å²) in [7, 11) is 2.14. The zero-order valence-corrected chi connectivity index (χ0v) is 11.1. The number of aliphatic hydroxyl groups is 1. The number of hydrogen-bond donors (Lipinski definition) is 1. The van der Waals surface area contributed by atoms with Gasteiger partial charge in [-0.2, -0.15) is 0 Å². The topological polar surface area (TPSA) is 26.7 Å². The van der Waals surface area contributed by atoms with E-state index < -0.39 is 0 Å². The van der Waals surface area contributed by atoms with Crippen LogP contribution in [0.1, 0.15) is 5.56 Å². The van der Waals surface area contributed by atoms with E-state index in [1.807, 2.05) is 12.1 Å². The van der Waals surface area contributed by atoms with Gasteiger partial charge in [0.25, 0.3) is 0 Å². The highest BCUT2D eigenvalue weighted by Crippen LogP contribution is 2.25. The number of benzene rings is 1. The minimum atomic E-state index is 0.0983. The lowest BCUT2D eigenvalue weighted by atomic mass is 10.1. The molecule has 1 heterocycles. The Morgan fingerprint density at radius 1 is 1.25 bits per heavy atom. The fraction of sp³-hybridized carbons (Fsp3) is 0.500. The monoisotopic (exact) mass is 284 g/mol. The predicted molar refractivity (Wildman–Crippen MR) is 69.8 cm³/mol. The SMILES string of the molecule is CN1CCN(c2ccc(Br)cc2CO)CC1. The van der Waals surface area contributed by atoms with E-state index in [0.29, 0.717) is 0 Å². The molecule has 4 heteroatoms. The van der Waals surface area contributed by atoms with Crippen molar-refractivity contribution in [3.05, 3.63) is 28.2 Å². The van der Waals surface area contributed by atoms with Gasteiger partial charge in [0.05, 0.1) is 6.61 Å². The van der Waals surface area contributed by atoms with E-state index in [4.69, 9.17) is 0 Å². The zero-order chi connectivity index (χ0) is 11.5. The number of rotatable bonds is 2. The molecule has 3 nitrogen and oxygen atoms in total. The standard InChI is InChI=1S/C12H17BrN2O/c1-14-4-6-15(7-5-14)12-3-2-11(13)8-10(12)9-16/h2-3,8,16H,4-7,9H2,1H3. The van der Waals surface area contributed by atoms with Gasteiger partial charge in [0, 0.05) is 41.9 Å². The van der Waals surface area contributed by atoms with E-state index in [-0.39, 0.29) is 6.61 Å². The van der Waals surface area contributed by atoms with Gasteiger partial charge in [-0.15, -0.1) is 0 Å². The van der Waals surface area contributed by atoms with Crippen LogP contribution in [0.15, 0.2) is 22.7 Å². The minimum absolute atomic E-state index is 0.0983. The number of piperazine rings is 1. The molecule has 0 radical (unpaired) electrons. The molecule has 1 aromatic rings. The highest BCUT2D eigenvalue weighted by molar-refractivity contribution is 9.10. The maximum absolute atomic E-state index is 9.37. The Morgan fingerprint density at radius 3 is 2.56 bits per heavy atom. The number of aliphatic hydroxyl groups excluding tert-OH is 1. The maximum atomic E-state index is 9.37. The van der Waals surface area contributed by atoms with Crippen LogP contribution in [-0.4, -0.2) is 43.2 Å². The summed E-state index contributed by atoms with van der Waals surface area (Å²) in [5.74, 6) is 0. The molecule has 0 aliphatic carbocycles. The third-order valence-corrected chi connectivity index (χ3v) is 3.55. The predicted octanol–water partition coefficient (Wildman–Crippen LogP) is 1.69. The smallest absolute Gasteiger partial charge is 0.0702 e.